The van der Waals surface area contributed by atoms with Gasteiger partial charge in [-0.2, -0.15) is 0 Å². The minimum Gasteiger partial charge on any atom is -0.367 e. The van der Waals surface area contributed by atoms with Crippen LogP contribution in [-0.2, 0) is 11.2 Å². The number of rotatable bonds is 6. The third-order valence-electron chi connectivity index (χ3n) is 3.78. The summed E-state index contributed by atoms with van der Waals surface area (Å²) in [6, 6.07) is 0. The minimum absolute atomic E-state index is 0.0567. The Morgan fingerprint density at radius 3 is 2.35 bits per heavy atom. The second-order valence-electron chi connectivity index (χ2n) is 5.19. The Bertz CT molecular complexity index is 365. The van der Waals surface area contributed by atoms with E-state index in [9.17, 15) is 4.79 Å². The highest BCUT2D eigenvalue weighted by molar-refractivity contribution is 5.84. The highest BCUT2D eigenvalue weighted by atomic mass is 16.1. The van der Waals surface area contributed by atoms with E-state index in [1.165, 1.54) is 11.1 Å². The van der Waals surface area contributed by atoms with Gasteiger partial charge >= 0.3 is 0 Å². The molecular formula is C15H25NO. The normalized spacial score (nSPS) is 14.9. The molecule has 1 heterocycles. The van der Waals surface area contributed by atoms with Crippen molar-refractivity contribution >= 4 is 5.78 Å². The molecular weight excluding hydrogens is 210 g/mol. The molecule has 0 aliphatic rings. The summed E-state index contributed by atoms with van der Waals surface area (Å²) < 4.78 is 0. The van der Waals surface area contributed by atoms with Crippen LogP contribution in [-0.4, -0.2) is 10.8 Å². The maximum atomic E-state index is 12.0. The predicted molar refractivity (Wildman–Crippen MR) is 72.2 cm³/mol. The van der Waals surface area contributed by atoms with Gasteiger partial charge in [0.05, 0.1) is 0 Å². The molecule has 0 amide bonds. The van der Waals surface area contributed by atoms with Crippen molar-refractivity contribution in [2.24, 2.45) is 11.8 Å². The second kappa shape index (κ2) is 6.04. The summed E-state index contributed by atoms with van der Waals surface area (Å²) in [7, 11) is 0. The number of carbonyl (C=O) groups is 1. The fourth-order valence-corrected chi connectivity index (χ4v) is 2.85. The molecule has 2 unspecified atom stereocenters. The van der Waals surface area contributed by atoms with Crippen LogP contribution in [0.5, 0.6) is 0 Å². The number of aromatic amines is 1. The van der Waals surface area contributed by atoms with Gasteiger partial charge < -0.3 is 4.98 Å². The number of ketones is 1. The Balaban J connectivity index is 3.13. The molecule has 0 aliphatic carbocycles. The highest BCUT2D eigenvalue weighted by Crippen LogP contribution is 2.35. The molecule has 1 aromatic rings. The average molecular weight is 235 g/mol. The maximum Gasteiger partial charge on any atom is 0.137 e. The van der Waals surface area contributed by atoms with Gasteiger partial charge in [0.15, 0.2) is 0 Å². The van der Waals surface area contributed by atoms with Crippen LogP contribution in [0.1, 0.15) is 58.1 Å². The van der Waals surface area contributed by atoms with Crippen LogP contribution in [0.25, 0.3) is 0 Å². The molecule has 2 heteroatoms. The third kappa shape index (κ3) is 2.99. The van der Waals surface area contributed by atoms with Crippen molar-refractivity contribution in [1.29, 1.82) is 0 Å². The molecule has 1 rings (SSSR count). The van der Waals surface area contributed by atoms with Crippen molar-refractivity contribution in [1.82, 2.24) is 4.98 Å². The molecule has 0 saturated heterocycles. The van der Waals surface area contributed by atoms with E-state index in [4.69, 9.17) is 0 Å². The van der Waals surface area contributed by atoms with E-state index in [0.717, 1.165) is 12.8 Å². The first kappa shape index (κ1) is 14.0. The average Bonchev–Trinajstić information content (AvgIpc) is 2.71. The fraction of sp³-hybridized carbons (Fsp3) is 0.667. The lowest BCUT2D eigenvalue weighted by Crippen LogP contribution is -2.24. The molecule has 0 aromatic carbocycles. The Morgan fingerprint density at radius 2 is 1.94 bits per heavy atom. The van der Waals surface area contributed by atoms with Crippen molar-refractivity contribution in [3.8, 4) is 0 Å². The van der Waals surface area contributed by atoms with Crippen LogP contribution < -0.4 is 0 Å². The van der Waals surface area contributed by atoms with Crippen LogP contribution >= 0.6 is 0 Å². The van der Waals surface area contributed by atoms with E-state index in [1.807, 2.05) is 12.4 Å². The molecule has 0 spiro atoms. The first-order valence-corrected chi connectivity index (χ1v) is 6.68. The zero-order valence-electron chi connectivity index (χ0n) is 11.7. The van der Waals surface area contributed by atoms with Crippen molar-refractivity contribution in [3.63, 3.8) is 0 Å². The number of hydrogen-bond acceptors (Lipinski definition) is 1. The summed E-state index contributed by atoms with van der Waals surface area (Å²) in [5.41, 5.74) is 2.49. The summed E-state index contributed by atoms with van der Waals surface area (Å²) in [4.78, 5) is 15.2. The summed E-state index contributed by atoms with van der Waals surface area (Å²) in [5.74, 6) is 1.32. The Morgan fingerprint density at radius 1 is 1.29 bits per heavy atom. The van der Waals surface area contributed by atoms with E-state index in [0.29, 0.717) is 17.6 Å². The van der Waals surface area contributed by atoms with Gasteiger partial charge in [-0.05, 0) is 36.3 Å². The van der Waals surface area contributed by atoms with Crippen LogP contribution in [0.4, 0.5) is 0 Å². The van der Waals surface area contributed by atoms with E-state index in [-0.39, 0.29) is 5.92 Å². The van der Waals surface area contributed by atoms with Crippen LogP contribution in [0.2, 0.25) is 0 Å². The van der Waals surface area contributed by atoms with E-state index < -0.39 is 0 Å². The highest BCUT2D eigenvalue weighted by Gasteiger charge is 2.30. The molecule has 0 radical (unpaired) electrons. The van der Waals surface area contributed by atoms with Crippen molar-refractivity contribution in [2.75, 3.05) is 0 Å². The topological polar surface area (TPSA) is 32.9 Å². The monoisotopic (exact) mass is 235 g/mol. The molecule has 2 nitrogen and oxygen atoms in total. The van der Waals surface area contributed by atoms with Crippen molar-refractivity contribution in [3.05, 3.63) is 23.5 Å². The summed E-state index contributed by atoms with van der Waals surface area (Å²) in [6.07, 6.45) is 6.07. The zero-order chi connectivity index (χ0) is 13.0. The maximum absolute atomic E-state index is 12.0. The number of aryl methyl sites for hydroxylation is 1. The van der Waals surface area contributed by atoms with Gasteiger partial charge in [-0.15, -0.1) is 0 Å². The number of H-pyrrole nitrogens is 1. The number of Topliss-reactive ketones (excluding diaryl/α,β-unsaturated/α-hetero) is 1. The summed E-state index contributed by atoms with van der Waals surface area (Å²) in [5, 5.41) is 0. The molecule has 0 fully saturated rings. The van der Waals surface area contributed by atoms with Crippen molar-refractivity contribution in [2.45, 2.75) is 53.4 Å². The van der Waals surface area contributed by atoms with Gasteiger partial charge in [0, 0.05) is 18.3 Å². The van der Waals surface area contributed by atoms with Gasteiger partial charge in [0.1, 0.15) is 5.78 Å². The predicted octanol–water partition coefficient (Wildman–Crippen LogP) is 3.93. The molecule has 17 heavy (non-hydrogen) atoms. The largest absolute Gasteiger partial charge is 0.367 e. The Kier molecular flexibility index (Phi) is 4.98. The fourth-order valence-electron chi connectivity index (χ4n) is 2.85. The SMILES string of the molecule is CCc1c[nH]cc1C(C(C)=O)C(CC)C(C)C. The summed E-state index contributed by atoms with van der Waals surface area (Å²) >= 11 is 0. The smallest absolute Gasteiger partial charge is 0.137 e. The third-order valence-corrected chi connectivity index (χ3v) is 3.78. The number of nitrogens with one attached hydrogen (secondary N) is 1. The van der Waals surface area contributed by atoms with Crippen LogP contribution in [0.3, 0.4) is 0 Å². The molecule has 2 atom stereocenters. The first-order chi connectivity index (χ1) is 8.02. The van der Waals surface area contributed by atoms with Gasteiger partial charge in [-0.25, -0.2) is 0 Å². The van der Waals surface area contributed by atoms with E-state index in [2.05, 4.69) is 32.7 Å². The van der Waals surface area contributed by atoms with E-state index in [1.54, 1.807) is 6.92 Å². The lowest BCUT2D eigenvalue weighted by molar-refractivity contribution is -0.120. The molecule has 0 saturated carbocycles. The lowest BCUT2D eigenvalue weighted by atomic mass is 9.75. The van der Waals surface area contributed by atoms with E-state index >= 15 is 0 Å². The number of carbonyl (C=O) groups excluding carboxylic acids is 1. The Hall–Kier alpha value is -1.05. The van der Waals surface area contributed by atoms with Crippen LogP contribution in [0.15, 0.2) is 12.4 Å². The van der Waals surface area contributed by atoms with Gasteiger partial charge in [0.25, 0.3) is 0 Å². The van der Waals surface area contributed by atoms with Crippen molar-refractivity contribution < 1.29 is 4.79 Å². The zero-order valence-corrected chi connectivity index (χ0v) is 11.7. The second-order valence-corrected chi connectivity index (χ2v) is 5.19. The molecule has 0 bridgehead atoms. The van der Waals surface area contributed by atoms with Gasteiger partial charge in [-0.3, -0.25) is 4.79 Å². The van der Waals surface area contributed by atoms with Gasteiger partial charge in [-0.1, -0.05) is 34.1 Å². The molecule has 1 N–H and O–H groups in total. The number of hydrogen-bond donors (Lipinski definition) is 1. The van der Waals surface area contributed by atoms with Crippen LogP contribution in [0, 0.1) is 11.8 Å². The first-order valence-electron chi connectivity index (χ1n) is 6.68. The molecule has 0 aliphatic heterocycles. The molecule has 1 aromatic heterocycles. The number of aromatic nitrogens is 1. The quantitative estimate of drug-likeness (QED) is 0.796. The minimum atomic E-state index is 0.0567. The molecule has 96 valence electrons. The Labute approximate surface area is 105 Å². The lowest BCUT2D eigenvalue weighted by Gasteiger charge is -2.28. The summed E-state index contributed by atoms with van der Waals surface area (Å²) in [6.45, 7) is 10.5. The van der Waals surface area contributed by atoms with Gasteiger partial charge in [0.2, 0.25) is 0 Å². The standard InChI is InChI=1S/C15H25NO/c1-6-12-8-16-9-14(12)15(11(5)17)13(7-2)10(3)4/h8-10,13,15-16H,6-7H2,1-5H3.